The fourth-order valence-electron chi connectivity index (χ4n) is 0.910. The quantitative estimate of drug-likeness (QED) is 0.815. The Morgan fingerprint density at radius 2 is 2.00 bits per heavy atom. The lowest BCUT2D eigenvalue weighted by Crippen LogP contribution is -2.22. The summed E-state index contributed by atoms with van der Waals surface area (Å²) in [6.45, 7) is 0. The Kier molecular flexibility index (Phi) is 3.75. The molecule has 0 spiro atoms. The highest BCUT2D eigenvalue weighted by Gasteiger charge is 2.14. The molecule has 0 aliphatic carbocycles. The van der Waals surface area contributed by atoms with E-state index in [1.165, 1.54) is 0 Å². The van der Waals surface area contributed by atoms with Crippen LogP contribution in [0.15, 0.2) is 24.3 Å². The minimum absolute atomic E-state index is 0.0673. The van der Waals surface area contributed by atoms with Gasteiger partial charge in [0, 0.05) is 12.1 Å². The van der Waals surface area contributed by atoms with E-state index in [1.807, 2.05) is 12.1 Å². The van der Waals surface area contributed by atoms with Crippen LogP contribution in [-0.4, -0.2) is 13.0 Å². The predicted octanol–water partition coefficient (Wildman–Crippen LogP) is 2.52. The summed E-state index contributed by atoms with van der Waals surface area (Å²) in [5.41, 5.74) is 0.892. The first kappa shape index (κ1) is 10.5. The normalized spacial score (nSPS) is 12.2. The first-order chi connectivity index (χ1) is 6.15. The van der Waals surface area contributed by atoms with Gasteiger partial charge in [-0.3, -0.25) is 4.79 Å². The van der Waals surface area contributed by atoms with E-state index in [0.29, 0.717) is 5.02 Å². The van der Waals surface area contributed by atoms with E-state index in [1.54, 1.807) is 19.2 Å². The summed E-state index contributed by atoms with van der Waals surface area (Å²) in [6, 6.07) is 7.15. The summed E-state index contributed by atoms with van der Waals surface area (Å²) < 4.78 is 0. The van der Waals surface area contributed by atoms with Gasteiger partial charge in [-0.15, -0.1) is 0 Å². The lowest BCUT2D eigenvalue weighted by atomic mass is 10.1. The molecule has 0 aromatic heterocycles. The molecule has 1 atom stereocenters. The number of hydrogen-bond donors (Lipinski definition) is 1. The fourth-order valence-corrected chi connectivity index (χ4v) is 1.57. The number of nitrogens with one attached hydrogen (secondary N) is 1. The molecule has 0 radical (unpaired) electrons. The summed E-state index contributed by atoms with van der Waals surface area (Å²) in [6.07, 6.45) is 0. The van der Waals surface area contributed by atoms with Crippen molar-refractivity contribution >= 4 is 33.4 Å². The molecule has 0 aliphatic heterocycles. The lowest BCUT2D eigenvalue weighted by Gasteiger charge is -2.07. The zero-order valence-corrected chi connectivity index (χ0v) is 9.39. The van der Waals surface area contributed by atoms with Crippen LogP contribution in [0, 0.1) is 0 Å². The van der Waals surface area contributed by atoms with Crippen LogP contribution in [0.4, 0.5) is 0 Å². The number of alkyl halides is 1. The number of carbonyl (C=O) groups is 1. The van der Waals surface area contributed by atoms with Crippen LogP contribution in [0.3, 0.4) is 0 Å². The van der Waals surface area contributed by atoms with Gasteiger partial charge in [0.15, 0.2) is 0 Å². The van der Waals surface area contributed by atoms with Gasteiger partial charge in [-0.1, -0.05) is 39.7 Å². The Morgan fingerprint density at radius 3 is 2.46 bits per heavy atom. The molecule has 1 unspecified atom stereocenters. The van der Waals surface area contributed by atoms with Crippen LogP contribution in [0.1, 0.15) is 10.4 Å². The molecule has 0 aliphatic rings. The van der Waals surface area contributed by atoms with Crippen LogP contribution in [0.25, 0.3) is 0 Å². The second-order valence-electron chi connectivity index (χ2n) is 2.53. The van der Waals surface area contributed by atoms with E-state index in [-0.39, 0.29) is 10.7 Å². The average molecular weight is 263 g/mol. The molecule has 0 bridgehead atoms. The van der Waals surface area contributed by atoms with Crippen molar-refractivity contribution in [2.75, 3.05) is 7.05 Å². The number of rotatable bonds is 2. The first-order valence-corrected chi connectivity index (χ1v) is 5.05. The second kappa shape index (κ2) is 4.63. The smallest absolute Gasteiger partial charge is 0.238 e. The number of amides is 1. The van der Waals surface area contributed by atoms with E-state index >= 15 is 0 Å². The van der Waals surface area contributed by atoms with Gasteiger partial charge in [0.05, 0.1) is 0 Å². The molecule has 0 saturated heterocycles. The van der Waals surface area contributed by atoms with Crippen molar-refractivity contribution in [1.82, 2.24) is 5.32 Å². The molecule has 0 saturated carbocycles. The minimum Gasteiger partial charge on any atom is -0.358 e. The van der Waals surface area contributed by atoms with Crippen LogP contribution in [0.5, 0.6) is 0 Å². The molecule has 70 valence electrons. The predicted molar refractivity (Wildman–Crippen MR) is 57.2 cm³/mol. The summed E-state index contributed by atoms with van der Waals surface area (Å²) in [4.78, 5) is 10.9. The van der Waals surface area contributed by atoms with Crippen molar-refractivity contribution in [2.45, 2.75) is 4.83 Å². The fraction of sp³-hybridized carbons (Fsp3) is 0.222. The van der Waals surface area contributed by atoms with Crippen LogP contribution in [0.2, 0.25) is 5.02 Å². The maximum Gasteiger partial charge on any atom is 0.238 e. The number of hydrogen-bond acceptors (Lipinski definition) is 1. The van der Waals surface area contributed by atoms with Gasteiger partial charge < -0.3 is 5.32 Å². The van der Waals surface area contributed by atoms with Crippen molar-refractivity contribution in [3.63, 3.8) is 0 Å². The summed E-state index contributed by atoms with van der Waals surface area (Å²) in [7, 11) is 1.60. The zero-order valence-electron chi connectivity index (χ0n) is 7.05. The largest absolute Gasteiger partial charge is 0.358 e. The number of carbonyl (C=O) groups excluding carboxylic acids is 1. The van der Waals surface area contributed by atoms with E-state index < -0.39 is 0 Å². The van der Waals surface area contributed by atoms with Gasteiger partial charge in [0.25, 0.3) is 0 Å². The summed E-state index contributed by atoms with van der Waals surface area (Å²) in [5.74, 6) is -0.0673. The third kappa shape index (κ3) is 2.71. The summed E-state index contributed by atoms with van der Waals surface area (Å²) in [5, 5.41) is 3.23. The molecule has 1 aromatic carbocycles. The Bertz CT molecular complexity index is 299. The Balaban J connectivity index is 2.83. The second-order valence-corrected chi connectivity index (χ2v) is 3.88. The van der Waals surface area contributed by atoms with Gasteiger partial charge in [-0.25, -0.2) is 0 Å². The van der Waals surface area contributed by atoms with Crippen molar-refractivity contribution in [2.24, 2.45) is 0 Å². The highest BCUT2D eigenvalue weighted by Crippen LogP contribution is 2.23. The molecule has 0 heterocycles. The standard InChI is InChI=1S/C9H9BrClNO/c1-12-9(13)8(10)6-2-4-7(11)5-3-6/h2-5,8H,1H3,(H,12,13). The molecular weight excluding hydrogens is 253 g/mol. The molecule has 4 heteroatoms. The van der Waals surface area contributed by atoms with E-state index in [0.717, 1.165) is 5.56 Å². The van der Waals surface area contributed by atoms with Crippen molar-refractivity contribution < 1.29 is 4.79 Å². The Labute approximate surface area is 90.4 Å². The third-order valence-corrected chi connectivity index (χ3v) is 2.84. The lowest BCUT2D eigenvalue weighted by molar-refractivity contribution is -0.120. The van der Waals surface area contributed by atoms with Gasteiger partial charge in [0.1, 0.15) is 4.83 Å². The van der Waals surface area contributed by atoms with Gasteiger partial charge in [0.2, 0.25) is 5.91 Å². The number of likely N-dealkylation sites (N-methyl/N-ethyl adjacent to an activating group) is 1. The van der Waals surface area contributed by atoms with Crippen molar-refractivity contribution in [3.05, 3.63) is 34.9 Å². The molecule has 1 rings (SSSR count). The van der Waals surface area contributed by atoms with Crippen molar-refractivity contribution in [1.29, 1.82) is 0 Å². The third-order valence-electron chi connectivity index (χ3n) is 1.64. The average Bonchev–Trinajstić information content (AvgIpc) is 2.17. The van der Waals surface area contributed by atoms with E-state index in [9.17, 15) is 4.79 Å². The molecule has 1 N–H and O–H groups in total. The molecule has 1 aromatic rings. The van der Waals surface area contributed by atoms with Crippen LogP contribution in [-0.2, 0) is 4.79 Å². The Morgan fingerprint density at radius 1 is 1.46 bits per heavy atom. The SMILES string of the molecule is CNC(=O)C(Br)c1ccc(Cl)cc1. The molecular formula is C9H9BrClNO. The monoisotopic (exact) mass is 261 g/mol. The van der Waals surface area contributed by atoms with Gasteiger partial charge >= 0.3 is 0 Å². The maximum absolute atomic E-state index is 11.2. The minimum atomic E-state index is -0.310. The zero-order chi connectivity index (χ0) is 9.84. The van der Waals surface area contributed by atoms with E-state index in [2.05, 4.69) is 21.2 Å². The van der Waals surface area contributed by atoms with E-state index in [4.69, 9.17) is 11.6 Å². The molecule has 13 heavy (non-hydrogen) atoms. The molecule has 0 fully saturated rings. The first-order valence-electron chi connectivity index (χ1n) is 3.76. The number of halogens is 2. The van der Waals surface area contributed by atoms with Gasteiger partial charge in [-0.05, 0) is 17.7 Å². The highest BCUT2D eigenvalue weighted by atomic mass is 79.9. The molecule has 2 nitrogen and oxygen atoms in total. The maximum atomic E-state index is 11.2. The highest BCUT2D eigenvalue weighted by molar-refractivity contribution is 9.09. The summed E-state index contributed by atoms with van der Waals surface area (Å²) >= 11 is 8.99. The Hall–Kier alpha value is -0.540. The topological polar surface area (TPSA) is 29.1 Å². The van der Waals surface area contributed by atoms with Crippen LogP contribution < -0.4 is 5.32 Å². The van der Waals surface area contributed by atoms with Crippen molar-refractivity contribution in [3.8, 4) is 0 Å². The van der Waals surface area contributed by atoms with Crippen LogP contribution >= 0.6 is 27.5 Å². The number of benzene rings is 1. The van der Waals surface area contributed by atoms with Gasteiger partial charge in [-0.2, -0.15) is 0 Å². The molecule has 1 amide bonds.